The largest absolute Gasteiger partial charge is 0.457 e. The molecule has 0 N–H and O–H groups in total. The molecule has 0 fully saturated rings. The molecular formula is C20H14F2O4. The zero-order valence-corrected chi connectivity index (χ0v) is 13.7. The maximum atomic E-state index is 13.2. The van der Waals surface area contributed by atoms with Crippen LogP contribution in [0.15, 0.2) is 45.6 Å². The molecule has 6 heteroatoms. The van der Waals surface area contributed by atoms with E-state index in [-0.39, 0.29) is 12.2 Å². The van der Waals surface area contributed by atoms with Crippen LogP contribution in [0.4, 0.5) is 8.78 Å². The normalized spacial score (nSPS) is 13.0. The first-order valence-electron chi connectivity index (χ1n) is 8.21. The first-order chi connectivity index (χ1) is 12.5. The lowest BCUT2D eigenvalue weighted by molar-refractivity contribution is 0.0472. The van der Waals surface area contributed by atoms with Crippen molar-refractivity contribution in [2.45, 2.75) is 25.9 Å². The van der Waals surface area contributed by atoms with Gasteiger partial charge in [0.05, 0.1) is 5.56 Å². The number of benzene rings is 2. The van der Waals surface area contributed by atoms with Gasteiger partial charge in [0.15, 0.2) is 0 Å². The van der Waals surface area contributed by atoms with Crippen LogP contribution in [0.2, 0.25) is 0 Å². The van der Waals surface area contributed by atoms with Crippen molar-refractivity contribution in [1.82, 2.24) is 0 Å². The van der Waals surface area contributed by atoms with Gasteiger partial charge < -0.3 is 9.15 Å². The third-order valence-corrected chi connectivity index (χ3v) is 4.50. The lowest BCUT2D eigenvalue weighted by Gasteiger charge is -2.09. The Labute approximate surface area is 147 Å². The molecule has 0 saturated carbocycles. The zero-order chi connectivity index (χ0) is 18.3. The van der Waals surface area contributed by atoms with Crippen LogP contribution in [-0.4, -0.2) is 5.97 Å². The average molecular weight is 356 g/mol. The minimum absolute atomic E-state index is 0.197. The zero-order valence-electron chi connectivity index (χ0n) is 13.7. The summed E-state index contributed by atoms with van der Waals surface area (Å²) in [6.07, 6.45) is 2.94. The van der Waals surface area contributed by atoms with E-state index in [1.807, 2.05) is 12.1 Å². The van der Waals surface area contributed by atoms with Crippen LogP contribution < -0.4 is 5.63 Å². The molecule has 1 heterocycles. The van der Waals surface area contributed by atoms with Crippen molar-refractivity contribution in [3.05, 3.63) is 80.7 Å². The van der Waals surface area contributed by atoms with Crippen LogP contribution in [0.3, 0.4) is 0 Å². The number of carbonyl (C=O) groups is 1. The molecule has 4 rings (SSSR count). The summed E-state index contributed by atoms with van der Waals surface area (Å²) < 4.78 is 36.9. The van der Waals surface area contributed by atoms with Gasteiger partial charge in [-0.1, -0.05) is 0 Å². The van der Waals surface area contributed by atoms with Crippen LogP contribution in [0.5, 0.6) is 0 Å². The molecule has 0 spiro atoms. The van der Waals surface area contributed by atoms with Crippen LogP contribution in [0.25, 0.3) is 11.0 Å². The number of aryl methyl sites for hydroxylation is 2. The minimum Gasteiger partial charge on any atom is -0.457 e. The molecule has 26 heavy (non-hydrogen) atoms. The molecular weight excluding hydrogens is 342 g/mol. The predicted molar refractivity (Wildman–Crippen MR) is 90.0 cm³/mol. The van der Waals surface area contributed by atoms with Gasteiger partial charge in [0.1, 0.15) is 23.8 Å². The molecule has 0 atom stereocenters. The molecule has 0 amide bonds. The van der Waals surface area contributed by atoms with E-state index < -0.39 is 23.2 Å². The van der Waals surface area contributed by atoms with Gasteiger partial charge in [-0.3, -0.25) is 0 Å². The number of halogens is 2. The van der Waals surface area contributed by atoms with E-state index in [9.17, 15) is 18.4 Å². The van der Waals surface area contributed by atoms with Crippen molar-refractivity contribution in [1.29, 1.82) is 0 Å². The number of fused-ring (bicyclic) bond motifs is 2. The highest BCUT2D eigenvalue weighted by Gasteiger charge is 2.17. The molecule has 0 radical (unpaired) electrons. The van der Waals surface area contributed by atoms with Crippen molar-refractivity contribution in [2.24, 2.45) is 0 Å². The van der Waals surface area contributed by atoms with E-state index in [0.717, 1.165) is 37.0 Å². The van der Waals surface area contributed by atoms with Crippen LogP contribution in [0, 0.1) is 11.6 Å². The summed E-state index contributed by atoms with van der Waals surface area (Å²) >= 11 is 0. The van der Waals surface area contributed by atoms with E-state index in [1.54, 1.807) is 0 Å². The van der Waals surface area contributed by atoms with Gasteiger partial charge in [-0.2, -0.15) is 0 Å². The number of rotatable bonds is 3. The van der Waals surface area contributed by atoms with Crippen LogP contribution in [-0.2, 0) is 24.2 Å². The lowest BCUT2D eigenvalue weighted by atomic mass is 10.0. The van der Waals surface area contributed by atoms with E-state index in [4.69, 9.17) is 9.15 Å². The van der Waals surface area contributed by atoms with Gasteiger partial charge in [-0.15, -0.1) is 0 Å². The summed E-state index contributed by atoms with van der Waals surface area (Å²) in [4.78, 5) is 23.9. The molecule has 0 bridgehead atoms. The Morgan fingerprint density at radius 2 is 1.69 bits per heavy atom. The number of carbonyl (C=O) groups excluding carboxylic acids is 1. The highest BCUT2D eigenvalue weighted by atomic mass is 19.1. The SMILES string of the molecule is O=C(OCc1cc(=O)oc2cc3c(cc12)CCC3)c1cc(F)cc(F)c1. The Bertz CT molecular complexity index is 1060. The molecule has 2 aromatic carbocycles. The monoisotopic (exact) mass is 356 g/mol. The van der Waals surface area contributed by atoms with Gasteiger partial charge in [0.25, 0.3) is 0 Å². The molecule has 3 aromatic rings. The molecule has 0 saturated heterocycles. The summed E-state index contributed by atoms with van der Waals surface area (Å²) in [5, 5.41) is 0.698. The van der Waals surface area contributed by atoms with E-state index in [0.29, 0.717) is 22.6 Å². The maximum Gasteiger partial charge on any atom is 0.338 e. The van der Waals surface area contributed by atoms with Crippen molar-refractivity contribution >= 4 is 16.9 Å². The summed E-state index contributed by atoms with van der Waals surface area (Å²) in [7, 11) is 0. The van der Waals surface area contributed by atoms with Gasteiger partial charge in [-0.05, 0) is 54.7 Å². The fourth-order valence-electron chi connectivity index (χ4n) is 3.31. The second kappa shape index (κ2) is 6.37. The number of hydrogen-bond donors (Lipinski definition) is 0. The minimum atomic E-state index is -0.869. The molecule has 0 unspecified atom stereocenters. The fraction of sp³-hybridized carbons (Fsp3) is 0.200. The number of hydrogen-bond acceptors (Lipinski definition) is 4. The Morgan fingerprint density at radius 3 is 2.42 bits per heavy atom. The fourth-order valence-corrected chi connectivity index (χ4v) is 3.31. The summed E-state index contributed by atoms with van der Waals surface area (Å²) in [5.74, 6) is -2.59. The van der Waals surface area contributed by atoms with Crippen molar-refractivity contribution in [3.8, 4) is 0 Å². The molecule has 1 aromatic heterocycles. The van der Waals surface area contributed by atoms with Gasteiger partial charge in [-0.25, -0.2) is 18.4 Å². The van der Waals surface area contributed by atoms with Crippen molar-refractivity contribution in [2.75, 3.05) is 0 Å². The van der Waals surface area contributed by atoms with Crippen molar-refractivity contribution in [3.63, 3.8) is 0 Å². The molecule has 1 aliphatic rings. The third kappa shape index (κ3) is 3.10. The smallest absolute Gasteiger partial charge is 0.338 e. The highest BCUT2D eigenvalue weighted by Crippen LogP contribution is 2.28. The highest BCUT2D eigenvalue weighted by molar-refractivity contribution is 5.89. The first-order valence-corrected chi connectivity index (χ1v) is 8.21. The van der Waals surface area contributed by atoms with Crippen LogP contribution in [0.1, 0.15) is 33.5 Å². The van der Waals surface area contributed by atoms with Crippen molar-refractivity contribution < 1.29 is 22.7 Å². The second-order valence-electron chi connectivity index (χ2n) is 6.30. The van der Waals surface area contributed by atoms with E-state index in [1.165, 1.54) is 11.6 Å². The molecule has 0 aliphatic heterocycles. The van der Waals surface area contributed by atoms with Gasteiger partial charge in [0.2, 0.25) is 0 Å². The second-order valence-corrected chi connectivity index (χ2v) is 6.30. The Balaban J connectivity index is 1.64. The maximum absolute atomic E-state index is 13.2. The Morgan fingerprint density at radius 1 is 1.00 bits per heavy atom. The summed E-state index contributed by atoms with van der Waals surface area (Å²) in [6.45, 7) is -0.197. The van der Waals surface area contributed by atoms with Crippen LogP contribution >= 0.6 is 0 Å². The quantitative estimate of drug-likeness (QED) is 0.527. The number of ether oxygens (including phenoxy) is 1. The topological polar surface area (TPSA) is 56.5 Å². The summed E-state index contributed by atoms with van der Waals surface area (Å²) in [5.41, 5.74) is 2.52. The molecule has 132 valence electrons. The average Bonchev–Trinajstić information content (AvgIpc) is 3.04. The molecule has 1 aliphatic carbocycles. The summed E-state index contributed by atoms with van der Waals surface area (Å²) in [6, 6.07) is 7.54. The predicted octanol–water partition coefficient (Wildman–Crippen LogP) is 3.92. The van der Waals surface area contributed by atoms with Gasteiger partial charge >= 0.3 is 11.6 Å². The number of esters is 1. The van der Waals surface area contributed by atoms with E-state index in [2.05, 4.69) is 0 Å². The lowest BCUT2D eigenvalue weighted by Crippen LogP contribution is -2.09. The Kier molecular flexibility index (Phi) is 4.03. The first kappa shape index (κ1) is 16.4. The third-order valence-electron chi connectivity index (χ3n) is 4.50. The molecule has 4 nitrogen and oxygen atoms in total. The van der Waals surface area contributed by atoms with E-state index >= 15 is 0 Å². The Hall–Kier alpha value is -3.02. The van der Waals surface area contributed by atoms with Gasteiger partial charge in [0, 0.05) is 23.1 Å². The standard InChI is InChI=1S/C20H14F2O4/c21-15-4-13(5-16(22)9-15)20(24)25-10-14-8-19(23)26-18-7-12-3-1-2-11(12)6-17(14)18/h4-9H,1-3,10H2.